The Hall–Kier alpha value is -4.63. The van der Waals surface area contributed by atoms with Crippen LogP contribution < -0.4 is 10.1 Å². The second kappa shape index (κ2) is 14.3. The third-order valence-electron chi connectivity index (χ3n) is 6.20. The van der Waals surface area contributed by atoms with Gasteiger partial charge in [0.05, 0.1) is 12.8 Å². The van der Waals surface area contributed by atoms with E-state index < -0.39 is 36.5 Å². The zero-order chi connectivity index (χ0) is 30.0. The van der Waals surface area contributed by atoms with E-state index in [1.807, 2.05) is 104 Å². The fraction of sp³-hybridized carbons (Fsp3) is 0.303. The molecule has 42 heavy (non-hydrogen) atoms. The predicted octanol–water partition coefficient (Wildman–Crippen LogP) is 5.54. The lowest BCUT2D eigenvalue weighted by Crippen LogP contribution is -2.34. The molecule has 0 aliphatic heterocycles. The molecule has 1 aromatic heterocycles. The second-order valence-corrected chi connectivity index (χ2v) is 10.7. The number of alkyl carbamates (subject to hydrolysis) is 1. The van der Waals surface area contributed by atoms with Crippen LogP contribution in [0.5, 0.6) is 5.75 Å². The van der Waals surface area contributed by atoms with Gasteiger partial charge in [0.25, 0.3) is 0 Å². The maximum atomic E-state index is 13.1. The molecular weight excluding hydrogens is 534 g/mol. The van der Waals surface area contributed by atoms with Crippen molar-refractivity contribution in [2.24, 2.45) is 0 Å². The van der Waals surface area contributed by atoms with Crippen molar-refractivity contribution in [1.82, 2.24) is 15.1 Å². The SMILES string of the molecule is CC(C)(C)OC(=O)NCCCn1cc(-c2ccc(OC(CO)C(=O)OC(c3ccccc3)c3ccccc3)cc2)cn1. The first-order chi connectivity index (χ1) is 20.2. The summed E-state index contributed by atoms with van der Waals surface area (Å²) in [5, 5.41) is 17.1. The van der Waals surface area contributed by atoms with Gasteiger partial charge in [0.1, 0.15) is 11.4 Å². The van der Waals surface area contributed by atoms with Crippen molar-refractivity contribution in [2.75, 3.05) is 13.2 Å². The van der Waals surface area contributed by atoms with Crippen LogP contribution in [0.1, 0.15) is 44.4 Å². The van der Waals surface area contributed by atoms with Crippen molar-refractivity contribution in [3.8, 4) is 16.9 Å². The number of hydrogen-bond donors (Lipinski definition) is 2. The van der Waals surface area contributed by atoms with Crippen molar-refractivity contribution in [1.29, 1.82) is 0 Å². The van der Waals surface area contributed by atoms with Gasteiger partial charge >= 0.3 is 12.1 Å². The highest BCUT2D eigenvalue weighted by atomic mass is 16.6. The van der Waals surface area contributed by atoms with Gasteiger partial charge in [0.15, 0.2) is 6.10 Å². The average Bonchev–Trinajstić information content (AvgIpc) is 3.46. The lowest BCUT2D eigenvalue weighted by Gasteiger charge is -2.22. The number of nitrogens with zero attached hydrogens (tertiary/aromatic N) is 2. The first kappa shape index (κ1) is 30.3. The fourth-order valence-corrected chi connectivity index (χ4v) is 4.21. The minimum atomic E-state index is -1.19. The van der Waals surface area contributed by atoms with Crippen LogP contribution >= 0.6 is 0 Å². The number of amides is 1. The molecule has 3 aromatic carbocycles. The van der Waals surface area contributed by atoms with Gasteiger partial charge in [-0.2, -0.15) is 5.10 Å². The van der Waals surface area contributed by atoms with E-state index in [0.717, 1.165) is 22.3 Å². The predicted molar refractivity (Wildman–Crippen MR) is 159 cm³/mol. The molecule has 0 spiro atoms. The van der Waals surface area contributed by atoms with Gasteiger partial charge in [0.2, 0.25) is 6.10 Å². The number of ether oxygens (including phenoxy) is 3. The summed E-state index contributed by atoms with van der Waals surface area (Å²) in [5.41, 5.74) is 2.93. The highest BCUT2D eigenvalue weighted by Crippen LogP contribution is 2.27. The standard InChI is InChI=1S/C33H37N3O6/c1-33(2,3)42-32(39)34-19-10-20-36-22-27(21-35-36)24-15-17-28(18-16-24)40-29(23-37)31(38)41-30(25-11-6-4-7-12-25)26-13-8-5-9-14-26/h4-9,11-18,21-22,29-30,37H,10,19-20,23H2,1-3H3,(H,34,39). The third kappa shape index (κ3) is 8.94. The minimum Gasteiger partial charge on any atom is -0.476 e. The average molecular weight is 572 g/mol. The summed E-state index contributed by atoms with van der Waals surface area (Å²) in [6.07, 6.45) is 2.12. The Kier molecular flexibility index (Phi) is 10.3. The molecule has 0 saturated heterocycles. The summed E-state index contributed by atoms with van der Waals surface area (Å²) in [4.78, 5) is 24.9. The number of aryl methyl sites for hydroxylation is 1. The van der Waals surface area contributed by atoms with Crippen LogP contribution in [-0.4, -0.2) is 51.8 Å². The van der Waals surface area contributed by atoms with Gasteiger partial charge in [-0.15, -0.1) is 0 Å². The smallest absolute Gasteiger partial charge is 0.407 e. The summed E-state index contributed by atoms with van der Waals surface area (Å²) in [6.45, 7) is 6.04. The number of carbonyl (C=O) groups is 2. The minimum absolute atomic E-state index is 0.423. The van der Waals surface area contributed by atoms with Gasteiger partial charge in [-0.3, -0.25) is 4.68 Å². The molecule has 1 atom stereocenters. The van der Waals surface area contributed by atoms with Crippen molar-refractivity contribution in [3.63, 3.8) is 0 Å². The first-order valence-electron chi connectivity index (χ1n) is 13.9. The van der Waals surface area contributed by atoms with Crippen LogP contribution in [0, 0.1) is 0 Å². The zero-order valence-corrected chi connectivity index (χ0v) is 24.1. The highest BCUT2D eigenvalue weighted by molar-refractivity contribution is 5.76. The Morgan fingerprint density at radius 2 is 1.52 bits per heavy atom. The molecule has 4 aromatic rings. The van der Waals surface area contributed by atoms with Crippen LogP contribution in [-0.2, 0) is 20.8 Å². The lowest BCUT2D eigenvalue weighted by molar-refractivity contribution is -0.157. The van der Waals surface area contributed by atoms with Gasteiger partial charge in [-0.1, -0.05) is 72.8 Å². The van der Waals surface area contributed by atoms with Crippen LogP contribution in [0.25, 0.3) is 11.1 Å². The molecule has 0 aliphatic rings. The molecular formula is C33H37N3O6. The summed E-state index contributed by atoms with van der Waals surface area (Å²) in [6, 6.07) is 26.1. The fourth-order valence-electron chi connectivity index (χ4n) is 4.21. The van der Waals surface area contributed by atoms with Gasteiger partial charge in [0, 0.05) is 24.8 Å². The number of aliphatic hydroxyl groups excluding tert-OH is 1. The summed E-state index contributed by atoms with van der Waals surface area (Å²) < 4.78 is 18.7. The summed E-state index contributed by atoms with van der Waals surface area (Å²) >= 11 is 0. The Labute approximate surface area is 246 Å². The van der Waals surface area contributed by atoms with Crippen molar-refractivity contribution >= 4 is 12.1 Å². The molecule has 1 amide bonds. The maximum absolute atomic E-state index is 13.1. The third-order valence-corrected chi connectivity index (χ3v) is 6.20. The van der Waals surface area contributed by atoms with Gasteiger partial charge < -0.3 is 24.6 Å². The van der Waals surface area contributed by atoms with E-state index in [9.17, 15) is 14.7 Å². The lowest BCUT2D eigenvalue weighted by atomic mass is 10.0. The van der Waals surface area contributed by atoms with E-state index in [2.05, 4.69) is 10.4 Å². The molecule has 9 nitrogen and oxygen atoms in total. The van der Waals surface area contributed by atoms with E-state index in [-0.39, 0.29) is 0 Å². The number of hydrogen-bond acceptors (Lipinski definition) is 7. The van der Waals surface area contributed by atoms with Gasteiger partial charge in [-0.25, -0.2) is 9.59 Å². The number of aromatic nitrogens is 2. The number of carbonyl (C=O) groups excluding carboxylic acids is 2. The van der Waals surface area contributed by atoms with Crippen molar-refractivity contribution < 1.29 is 28.9 Å². The number of benzene rings is 3. The maximum Gasteiger partial charge on any atom is 0.407 e. The molecule has 1 unspecified atom stereocenters. The number of rotatable bonds is 12. The van der Waals surface area contributed by atoms with Crippen LogP contribution in [0.15, 0.2) is 97.3 Å². The molecule has 220 valence electrons. The van der Waals surface area contributed by atoms with E-state index in [1.54, 1.807) is 18.3 Å². The number of nitrogens with one attached hydrogen (secondary N) is 1. The van der Waals surface area contributed by atoms with Crippen LogP contribution in [0.2, 0.25) is 0 Å². The summed E-state index contributed by atoms with van der Waals surface area (Å²) in [7, 11) is 0. The molecule has 0 saturated carbocycles. The largest absolute Gasteiger partial charge is 0.476 e. The molecule has 4 rings (SSSR count). The van der Waals surface area contributed by atoms with E-state index in [4.69, 9.17) is 14.2 Å². The van der Waals surface area contributed by atoms with Gasteiger partial charge in [-0.05, 0) is 56.0 Å². The molecule has 0 fully saturated rings. The van der Waals surface area contributed by atoms with E-state index >= 15 is 0 Å². The molecule has 2 N–H and O–H groups in total. The zero-order valence-electron chi connectivity index (χ0n) is 24.1. The Balaban J connectivity index is 1.32. The van der Waals surface area contributed by atoms with Crippen molar-refractivity contribution in [3.05, 3.63) is 108 Å². The Bertz CT molecular complexity index is 1380. The summed E-state index contributed by atoms with van der Waals surface area (Å²) in [5.74, 6) is -0.243. The highest BCUT2D eigenvalue weighted by Gasteiger charge is 2.27. The molecule has 0 aliphatic carbocycles. The molecule has 0 bridgehead atoms. The number of esters is 1. The first-order valence-corrected chi connectivity index (χ1v) is 13.9. The van der Waals surface area contributed by atoms with E-state index in [1.165, 1.54) is 0 Å². The van der Waals surface area contributed by atoms with Crippen LogP contribution in [0.4, 0.5) is 4.79 Å². The monoisotopic (exact) mass is 571 g/mol. The van der Waals surface area contributed by atoms with E-state index in [0.29, 0.717) is 25.3 Å². The Morgan fingerprint density at radius 1 is 0.905 bits per heavy atom. The quantitative estimate of drug-likeness (QED) is 0.170. The van der Waals surface area contributed by atoms with Crippen molar-refractivity contribution in [2.45, 2.75) is 51.5 Å². The topological polar surface area (TPSA) is 112 Å². The normalized spacial score (nSPS) is 12.0. The molecule has 0 radical (unpaired) electrons. The molecule has 9 heteroatoms. The van der Waals surface area contributed by atoms with Crippen LogP contribution in [0.3, 0.4) is 0 Å². The second-order valence-electron chi connectivity index (χ2n) is 10.7. The Morgan fingerprint density at radius 3 is 2.10 bits per heavy atom. The molecule has 1 heterocycles. The number of aliphatic hydroxyl groups is 1.